The molecule has 144 valence electrons. The predicted octanol–water partition coefficient (Wildman–Crippen LogP) is 1.42. The van der Waals surface area contributed by atoms with Crippen molar-refractivity contribution >= 4 is 17.6 Å². The molecule has 3 N–H and O–H groups in total. The van der Waals surface area contributed by atoms with E-state index >= 15 is 0 Å². The van der Waals surface area contributed by atoms with Crippen LogP contribution in [0.1, 0.15) is 22.9 Å². The highest BCUT2D eigenvalue weighted by atomic mass is 16.3. The number of pyridine rings is 1. The van der Waals surface area contributed by atoms with Crippen LogP contribution < -0.4 is 10.6 Å². The van der Waals surface area contributed by atoms with Gasteiger partial charge in [-0.25, -0.2) is 0 Å². The maximum absolute atomic E-state index is 12.0. The van der Waals surface area contributed by atoms with E-state index < -0.39 is 17.9 Å². The number of benzene rings is 1. The van der Waals surface area contributed by atoms with Gasteiger partial charge >= 0.3 is 11.8 Å². The summed E-state index contributed by atoms with van der Waals surface area (Å²) in [6, 6.07) is 14.5. The molecule has 2 heterocycles. The molecule has 8 nitrogen and oxygen atoms in total. The van der Waals surface area contributed by atoms with Crippen molar-refractivity contribution in [2.24, 2.45) is 0 Å². The zero-order chi connectivity index (χ0) is 19.9. The number of aliphatic hydroxyl groups excluding tert-OH is 1. The van der Waals surface area contributed by atoms with Gasteiger partial charge in [-0.1, -0.05) is 30.3 Å². The summed E-state index contributed by atoms with van der Waals surface area (Å²) < 4.78 is 1.61. The van der Waals surface area contributed by atoms with Crippen LogP contribution in [0.4, 0.5) is 5.82 Å². The predicted molar refractivity (Wildman–Crippen MR) is 103 cm³/mol. The molecule has 0 aliphatic carbocycles. The van der Waals surface area contributed by atoms with E-state index in [0.29, 0.717) is 12.1 Å². The summed E-state index contributed by atoms with van der Waals surface area (Å²) in [5, 5.41) is 19.3. The fraction of sp³-hybridized carbons (Fsp3) is 0.200. The Morgan fingerprint density at radius 2 is 1.89 bits per heavy atom. The lowest BCUT2D eigenvalue weighted by Crippen LogP contribution is -2.37. The lowest BCUT2D eigenvalue weighted by atomic mass is 10.0. The number of amides is 2. The molecule has 0 bridgehead atoms. The Bertz CT molecular complexity index is 955. The summed E-state index contributed by atoms with van der Waals surface area (Å²) in [4.78, 5) is 28.2. The summed E-state index contributed by atoms with van der Waals surface area (Å²) in [6.07, 6.45) is 2.48. The van der Waals surface area contributed by atoms with Crippen molar-refractivity contribution in [1.29, 1.82) is 0 Å². The topological polar surface area (TPSA) is 109 Å². The number of rotatable bonds is 6. The largest absolute Gasteiger partial charge is 0.387 e. The van der Waals surface area contributed by atoms with Gasteiger partial charge < -0.3 is 15.7 Å². The van der Waals surface area contributed by atoms with Gasteiger partial charge in [0.1, 0.15) is 0 Å². The van der Waals surface area contributed by atoms with Gasteiger partial charge in [0.2, 0.25) is 0 Å². The lowest BCUT2D eigenvalue weighted by Gasteiger charge is -2.14. The Balaban J connectivity index is 1.50. The summed E-state index contributed by atoms with van der Waals surface area (Å²) in [7, 11) is 0. The Hall–Kier alpha value is -3.52. The van der Waals surface area contributed by atoms with Crippen LogP contribution >= 0.6 is 0 Å². The Morgan fingerprint density at radius 3 is 2.64 bits per heavy atom. The molecule has 0 aliphatic heterocycles. The van der Waals surface area contributed by atoms with Crippen LogP contribution in [-0.2, 0) is 16.1 Å². The van der Waals surface area contributed by atoms with Gasteiger partial charge in [0.15, 0.2) is 5.82 Å². The molecule has 0 aliphatic rings. The number of hydrogen-bond donors (Lipinski definition) is 3. The zero-order valence-corrected chi connectivity index (χ0v) is 15.4. The van der Waals surface area contributed by atoms with E-state index in [2.05, 4.69) is 20.7 Å². The molecule has 0 saturated carbocycles. The van der Waals surface area contributed by atoms with Crippen molar-refractivity contribution in [3.63, 3.8) is 0 Å². The van der Waals surface area contributed by atoms with Crippen molar-refractivity contribution in [3.8, 4) is 0 Å². The average Bonchev–Trinajstić information content (AvgIpc) is 3.13. The van der Waals surface area contributed by atoms with Gasteiger partial charge in [0, 0.05) is 25.0 Å². The van der Waals surface area contributed by atoms with E-state index in [0.717, 1.165) is 11.3 Å². The van der Waals surface area contributed by atoms with Gasteiger partial charge in [-0.3, -0.25) is 19.3 Å². The van der Waals surface area contributed by atoms with E-state index in [1.165, 1.54) is 0 Å². The molecule has 3 rings (SSSR count). The number of anilines is 1. The average molecular weight is 379 g/mol. The summed E-state index contributed by atoms with van der Waals surface area (Å²) in [6.45, 7) is 2.26. The van der Waals surface area contributed by atoms with Crippen molar-refractivity contribution in [3.05, 3.63) is 77.7 Å². The molecule has 2 amide bonds. The molecular weight excluding hydrogens is 358 g/mol. The Kier molecular flexibility index (Phi) is 6.13. The second-order valence-electron chi connectivity index (χ2n) is 6.26. The first-order valence-electron chi connectivity index (χ1n) is 8.79. The van der Waals surface area contributed by atoms with Gasteiger partial charge in [-0.15, -0.1) is 0 Å². The number of carbonyl (C=O) groups excluding carboxylic acids is 2. The number of hydrogen-bond acceptors (Lipinski definition) is 5. The molecule has 0 saturated heterocycles. The molecule has 1 atom stereocenters. The molecule has 8 heteroatoms. The minimum Gasteiger partial charge on any atom is -0.387 e. The summed E-state index contributed by atoms with van der Waals surface area (Å²) in [5.74, 6) is -1.43. The van der Waals surface area contributed by atoms with E-state index in [-0.39, 0.29) is 12.4 Å². The molecule has 0 unspecified atom stereocenters. The third-order valence-corrected chi connectivity index (χ3v) is 4.14. The fourth-order valence-electron chi connectivity index (χ4n) is 2.69. The number of aliphatic hydroxyl groups is 1. The van der Waals surface area contributed by atoms with Crippen LogP contribution in [0.3, 0.4) is 0 Å². The van der Waals surface area contributed by atoms with Crippen LogP contribution in [-0.4, -0.2) is 38.2 Å². The zero-order valence-electron chi connectivity index (χ0n) is 15.4. The third kappa shape index (κ3) is 5.01. The molecule has 0 fully saturated rings. The van der Waals surface area contributed by atoms with Crippen molar-refractivity contribution < 1.29 is 14.7 Å². The SMILES string of the molecule is Cc1ccccc1[C@H](O)CNC(=O)C(=O)Nc1ccn(Cc2ccccn2)n1. The third-order valence-electron chi connectivity index (χ3n) is 4.14. The molecule has 0 spiro atoms. The van der Waals surface area contributed by atoms with Gasteiger partial charge in [0.05, 0.1) is 18.3 Å². The van der Waals surface area contributed by atoms with Crippen molar-refractivity contribution in [1.82, 2.24) is 20.1 Å². The van der Waals surface area contributed by atoms with Crippen LogP contribution in [0, 0.1) is 6.92 Å². The fourth-order valence-corrected chi connectivity index (χ4v) is 2.69. The number of nitrogens with one attached hydrogen (secondary N) is 2. The highest BCUT2D eigenvalue weighted by molar-refractivity contribution is 6.39. The van der Waals surface area contributed by atoms with E-state index in [1.807, 2.05) is 37.3 Å². The Morgan fingerprint density at radius 1 is 1.11 bits per heavy atom. The van der Waals surface area contributed by atoms with E-state index in [4.69, 9.17) is 0 Å². The van der Waals surface area contributed by atoms with Crippen LogP contribution in [0.5, 0.6) is 0 Å². The standard InChI is InChI=1S/C20H21N5O3/c1-14-6-2-3-8-16(14)17(26)12-22-19(27)20(28)23-18-9-11-25(24-18)13-15-7-4-5-10-21-15/h2-11,17,26H,12-13H2,1H3,(H,22,27)(H,23,24,28)/t17-/m1/s1. The summed E-state index contributed by atoms with van der Waals surface area (Å²) >= 11 is 0. The lowest BCUT2D eigenvalue weighted by molar-refractivity contribution is -0.136. The van der Waals surface area contributed by atoms with Crippen LogP contribution in [0.25, 0.3) is 0 Å². The van der Waals surface area contributed by atoms with Crippen molar-refractivity contribution in [2.45, 2.75) is 19.6 Å². The highest BCUT2D eigenvalue weighted by Crippen LogP contribution is 2.16. The van der Waals surface area contributed by atoms with E-state index in [9.17, 15) is 14.7 Å². The normalized spacial score (nSPS) is 11.6. The second-order valence-corrected chi connectivity index (χ2v) is 6.26. The molecule has 3 aromatic rings. The van der Waals surface area contributed by atoms with Crippen LogP contribution in [0.15, 0.2) is 60.9 Å². The first kappa shape index (κ1) is 19.2. The molecule has 2 aromatic heterocycles. The molecule has 28 heavy (non-hydrogen) atoms. The van der Waals surface area contributed by atoms with Crippen LogP contribution in [0.2, 0.25) is 0 Å². The number of carbonyl (C=O) groups is 2. The molecule has 1 aromatic carbocycles. The maximum Gasteiger partial charge on any atom is 0.314 e. The highest BCUT2D eigenvalue weighted by Gasteiger charge is 2.17. The summed E-state index contributed by atoms with van der Waals surface area (Å²) in [5.41, 5.74) is 2.44. The monoisotopic (exact) mass is 379 g/mol. The molecular formula is C20H21N5O3. The second kappa shape index (κ2) is 8.92. The number of nitrogens with zero attached hydrogens (tertiary/aromatic N) is 3. The number of aromatic nitrogens is 3. The van der Waals surface area contributed by atoms with Crippen molar-refractivity contribution in [2.75, 3.05) is 11.9 Å². The Labute approximate surface area is 162 Å². The van der Waals surface area contributed by atoms with Gasteiger partial charge in [-0.2, -0.15) is 5.10 Å². The minimum absolute atomic E-state index is 0.0643. The van der Waals surface area contributed by atoms with E-state index in [1.54, 1.807) is 35.3 Å². The molecule has 0 radical (unpaired) electrons. The minimum atomic E-state index is -0.893. The first-order valence-corrected chi connectivity index (χ1v) is 8.79. The first-order chi connectivity index (χ1) is 13.5. The smallest absolute Gasteiger partial charge is 0.314 e. The van der Waals surface area contributed by atoms with Gasteiger partial charge in [0.25, 0.3) is 0 Å². The number of aryl methyl sites for hydroxylation is 1. The van der Waals surface area contributed by atoms with Gasteiger partial charge in [-0.05, 0) is 30.2 Å². The maximum atomic E-state index is 12.0. The quantitative estimate of drug-likeness (QED) is 0.561.